The van der Waals surface area contributed by atoms with E-state index in [0.29, 0.717) is 45.7 Å². The van der Waals surface area contributed by atoms with Crippen molar-refractivity contribution >= 4 is 6.29 Å². The van der Waals surface area contributed by atoms with Crippen LogP contribution in [-0.2, 0) is 23.7 Å². The topological polar surface area (TPSA) is 74.2 Å². The summed E-state index contributed by atoms with van der Waals surface area (Å²) < 4.78 is 21.3. The van der Waals surface area contributed by atoms with Gasteiger partial charge in [-0.3, -0.25) is 0 Å². The highest BCUT2D eigenvalue weighted by Crippen LogP contribution is 2.20. The molecule has 6 heteroatoms. The highest BCUT2D eigenvalue weighted by Gasteiger charge is 2.23. The van der Waals surface area contributed by atoms with Gasteiger partial charge in [0.15, 0.2) is 12.6 Å². The SMILES string of the molecule is O=CC(CCC1OCCO1)C(O)CCCC1OCCO1. The van der Waals surface area contributed by atoms with Crippen molar-refractivity contribution in [2.45, 2.75) is 50.8 Å². The fourth-order valence-corrected chi connectivity index (χ4v) is 2.54. The Morgan fingerprint density at radius 3 is 2.05 bits per heavy atom. The molecule has 0 aromatic carbocycles. The zero-order valence-corrected chi connectivity index (χ0v) is 11.7. The molecule has 0 aromatic rings. The Hall–Kier alpha value is -0.530. The van der Waals surface area contributed by atoms with Crippen LogP contribution in [-0.4, -0.2) is 56.5 Å². The van der Waals surface area contributed by atoms with Gasteiger partial charge in [-0.05, 0) is 32.1 Å². The molecule has 0 amide bonds. The summed E-state index contributed by atoms with van der Waals surface area (Å²) in [6.45, 7) is 2.51. The fourth-order valence-electron chi connectivity index (χ4n) is 2.54. The summed E-state index contributed by atoms with van der Waals surface area (Å²) in [5.74, 6) is -0.354. The van der Waals surface area contributed by atoms with E-state index in [4.69, 9.17) is 18.9 Å². The van der Waals surface area contributed by atoms with Gasteiger partial charge in [0.2, 0.25) is 0 Å². The van der Waals surface area contributed by atoms with Crippen molar-refractivity contribution in [2.75, 3.05) is 26.4 Å². The van der Waals surface area contributed by atoms with Gasteiger partial charge >= 0.3 is 0 Å². The van der Waals surface area contributed by atoms with Gasteiger partial charge in [-0.2, -0.15) is 0 Å². The lowest BCUT2D eigenvalue weighted by atomic mass is 9.94. The number of aliphatic hydroxyl groups excluding tert-OH is 1. The Bertz CT molecular complexity index is 273. The second-order valence-electron chi connectivity index (χ2n) is 5.22. The van der Waals surface area contributed by atoms with E-state index in [1.54, 1.807) is 0 Å². The van der Waals surface area contributed by atoms with Crippen LogP contribution in [0.15, 0.2) is 0 Å². The van der Waals surface area contributed by atoms with Crippen molar-refractivity contribution in [3.63, 3.8) is 0 Å². The highest BCUT2D eigenvalue weighted by atomic mass is 16.7. The lowest BCUT2D eigenvalue weighted by Gasteiger charge is -2.19. The third-order valence-electron chi connectivity index (χ3n) is 3.73. The fraction of sp³-hybridized carbons (Fsp3) is 0.929. The monoisotopic (exact) mass is 288 g/mol. The third-order valence-corrected chi connectivity index (χ3v) is 3.73. The van der Waals surface area contributed by atoms with Gasteiger partial charge in [0, 0.05) is 5.92 Å². The normalized spacial score (nSPS) is 24.1. The predicted molar refractivity (Wildman–Crippen MR) is 70.0 cm³/mol. The van der Waals surface area contributed by atoms with Crippen LogP contribution in [0.5, 0.6) is 0 Å². The van der Waals surface area contributed by atoms with Crippen LogP contribution in [0.2, 0.25) is 0 Å². The second-order valence-corrected chi connectivity index (χ2v) is 5.22. The lowest BCUT2D eigenvalue weighted by molar-refractivity contribution is -0.116. The largest absolute Gasteiger partial charge is 0.392 e. The summed E-state index contributed by atoms with van der Waals surface area (Å²) in [5.41, 5.74) is 0. The molecule has 2 rings (SSSR count). The average molecular weight is 288 g/mol. The molecular weight excluding hydrogens is 264 g/mol. The Balaban J connectivity index is 1.59. The Morgan fingerprint density at radius 2 is 1.50 bits per heavy atom. The molecule has 20 heavy (non-hydrogen) atoms. The molecule has 6 nitrogen and oxygen atoms in total. The molecule has 0 aromatic heterocycles. The Morgan fingerprint density at radius 1 is 0.950 bits per heavy atom. The molecule has 0 aliphatic carbocycles. The first-order valence-corrected chi connectivity index (χ1v) is 7.39. The van der Waals surface area contributed by atoms with Crippen molar-refractivity contribution in [3.05, 3.63) is 0 Å². The number of carbonyl (C=O) groups is 1. The number of carbonyl (C=O) groups excluding carboxylic acids is 1. The number of ether oxygens (including phenoxy) is 4. The minimum atomic E-state index is -0.615. The zero-order chi connectivity index (χ0) is 14.2. The summed E-state index contributed by atoms with van der Waals surface area (Å²) in [6.07, 6.45) is 3.23. The van der Waals surface area contributed by atoms with Crippen LogP contribution >= 0.6 is 0 Å². The van der Waals surface area contributed by atoms with Gasteiger partial charge in [0.1, 0.15) is 6.29 Å². The van der Waals surface area contributed by atoms with Crippen molar-refractivity contribution in [3.8, 4) is 0 Å². The summed E-state index contributed by atoms with van der Waals surface area (Å²) in [4.78, 5) is 11.1. The molecule has 2 heterocycles. The van der Waals surface area contributed by atoms with E-state index in [0.717, 1.165) is 19.1 Å². The van der Waals surface area contributed by atoms with Crippen molar-refractivity contribution in [1.82, 2.24) is 0 Å². The van der Waals surface area contributed by atoms with Crippen LogP contribution in [0, 0.1) is 5.92 Å². The van der Waals surface area contributed by atoms with Crippen LogP contribution in [0.25, 0.3) is 0 Å². The first-order valence-electron chi connectivity index (χ1n) is 7.39. The quantitative estimate of drug-likeness (QED) is 0.634. The number of aliphatic hydroxyl groups is 1. The maximum absolute atomic E-state index is 11.1. The van der Waals surface area contributed by atoms with Crippen molar-refractivity contribution < 1.29 is 28.8 Å². The predicted octanol–water partition coefficient (Wildman–Crippen LogP) is 0.859. The number of aldehydes is 1. The van der Waals surface area contributed by atoms with Crippen LogP contribution in [0.1, 0.15) is 32.1 Å². The second kappa shape index (κ2) is 8.69. The van der Waals surface area contributed by atoms with E-state index in [9.17, 15) is 9.90 Å². The molecule has 0 spiro atoms. The summed E-state index contributed by atoms with van der Waals surface area (Å²) in [5, 5.41) is 10.1. The number of hydrogen-bond acceptors (Lipinski definition) is 6. The molecule has 2 aliphatic heterocycles. The van der Waals surface area contributed by atoms with Crippen LogP contribution in [0.3, 0.4) is 0 Å². The maximum atomic E-state index is 11.1. The molecule has 2 atom stereocenters. The van der Waals surface area contributed by atoms with E-state index in [-0.39, 0.29) is 18.5 Å². The Kier molecular flexibility index (Phi) is 6.89. The molecule has 1 N–H and O–H groups in total. The van der Waals surface area contributed by atoms with Crippen molar-refractivity contribution in [2.24, 2.45) is 5.92 Å². The third kappa shape index (κ3) is 5.10. The molecule has 0 bridgehead atoms. The molecule has 0 radical (unpaired) electrons. The van der Waals surface area contributed by atoms with Crippen LogP contribution in [0.4, 0.5) is 0 Å². The van der Waals surface area contributed by atoms with Gasteiger partial charge < -0.3 is 28.8 Å². The molecule has 116 valence electrons. The number of hydrogen-bond donors (Lipinski definition) is 1. The standard InChI is InChI=1S/C14H24O6/c15-10-11(4-5-14-19-8-9-20-14)12(16)2-1-3-13-17-6-7-18-13/h10-14,16H,1-9H2. The number of rotatable bonds is 9. The lowest BCUT2D eigenvalue weighted by Crippen LogP contribution is -2.24. The van der Waals surface area contributed by atoms with E-state index in [1.165, 1.54) is 0 Å². The van der Waals surface area contributed by atoms with E-state index in [2.05, 4.69) is 0 Å². The minimum absolute atomic E-state index is 0.142. The van der Waals surface area contributed by atoms with Gasteiger partial charge in [-0.15, -0.1) is 0 Å². The molecule has 0 saturated carbocycles. The molecule has 2 aliphatic rings. The molecular formula is C14H24O6. The van der Waals surface area contributed by atoms with Crippen molar-refractivity contribution in [1.29, 1.82) is 0 Å². The minimum Gasteiger partial charge on any atom is -0.392 e. The molecule has 2 unspecified atom stereocenters. The molecule has 2 saturated heterocycles. The van der Waals surface area contributed by atoms with E-state index >= 15 is 0 Å². The van der Waals surface area contributed by atoms with Gasteiger partial charge in [0.05, 0.1) is 32.5 Å². The van der Waals surface area contributed by atoms with Gasteiger partial charge in [-0.25, -0.2) is 0 Å². The zero-order valence-electron chi connectivity index (χ0n) is 11.7. The first kappa shape index (κ1) is 15.9. The highest BCUT2D eigenvalue weighted by molar-refractivity contribution is 5.54. The first-order chi connectivity index (χ1) is 9.79. The Labute approximate surface area is 119 Å². The van der Waals surface area contributed by atoms with Gasteiger partial charge in [-0.1, -0.05) is 0 Å². The smallest absolute Gasteiger partial charge is 0.157 e. The van der Waals surface area contributed by atoms with E-state index in [1.807, 2.05) is 0 Å². The van der Waals surface area contributed by atoms with E-state index < -0.39 is 6.10 Å². The molecule has 2 fully saturated rings. The average Bonchev–Trinajstić information content (AvgIpc) is 3.12. The summed E-state index contributed by atoms with van der Waals surface area (Å²) >= 11 is 0. The summed E-state index contributed by atoms with van der Waals surface area (Å²) in [6, 6.07) is 0. The summed E-state index contributed by atoms with van der Waals surface area (Å²) in [7, 11) is 0. The maximum Gasteiger partial charge on any atom is 0.157 e. The van der Waals surface area contributed by atoms with Gasteiger partial charge in [0.25, 0.3) is 0 Å². The van der Waals surface area contributed by atoms with Crippen LogP contribution < -0.4 is 0 Å².